The minimum absolute atomic E-state index is 0.0122. The van der Waals surface area contributed by atoms with E-state index in [0.717, 1.165) is 55.0 Å². The average Bonchev–Trinajstić information content (AvgIpc) is 3.35. The van der Waals surface area contributed by atoms with E-state index in [-0.39, 0.29) is 5.91 Å². The lowest BCUT2D eigenvalue weighted by atomic mass is 10.1. The highest BCUT2D eigenvalue weighted by Crippen LogP contribution is 2.20. The second kappa shape index (κ2) is 12.2. The number of nitrogens with zero attached hydrogens (tertiary/aromatic N) is 3. The van der Waals surface area contributed by atoms with E-state index >= 15 is 0 Å². The zero-order valence-electron chi connectivity index (χ0n) is 20.7. The number of rotatable bonds is 10. The highest BCUT2D eigenvalue weighted by Gasteiger charge is 2.20. The number of morpholine rings is 1. The molecule has 8 heteroatoms. The smallest absolute Gasteiger partial charge is 0.254 e. The molecule has 1 aromatic heterocycles. The molecule has 1 aliphatic rings. The number of benzene rings is 2. The Bertz CT molecular complexity index is 1110. The Morgan fingerprint density at radius 3 is 2.54 bits per heavy atom. The number of carbonyl (C=O) groups is 1. The molecule has 0 spiro atoms. The summed E-state index contributed by atoms with van der Waals surface area (Å²) < 4.78 is 16.6. The third kappa shape index (κ3) is 7.04. The van der Waals surface area contributed by atoms with Crippen LogP contribution in [0.4, 0.5) is 0 Å². The van der Waals surface area contributed by atoms with Crippen LogP contribution in [0.1, 0.15) is 32.2 Å². The van der Waals surface area contributed by atoms with Gasteiger partial charge in [-0.15, -0.1) is 11.3 Å². The number of hydrogen-bond donors (Lipinski definition) is 0. The molecule has 3 aromatic rings. The molecule has 1 saturated heterocycles. The first kappa shape index (κ1) is 25.2. The van der Waals surface area contributed by atoms with Gasteiger partial charge in [-0.1, -0.05) is 6.07 Å². The summed E-state index contributed by atoms with van der Waals surface area (Å²) in [6, 6.07) is 13.4. The van der Waals surface area contributed by atoms with Crippen molar-refractivity contribution in [2.45, 2.75) is 27.0 Å². The monoisotopic (exact) mass is 495 g/mol. The standard InChI is InChI=1S/C27H33N3O4S/c1-20-4-7-25(16-21(20)2)34-18-26-28-23(19-35-26)17-30(11-10-29-12-14-33-15-13-29)27(31)22-5-8-24(32-3)9-6-22/h4-9,16,19H,10-15,17-18H2,1-3H3. The first-order chi connectivity index (χ1) is 17.0. The fraction of sp³-hybridized carbons (Fsp3) is 0.407. The molecule has 2 aromatic carbocycles. The third-order valence-electron chi connectivity index (χ3n) is 6.21. The van der Waals surface area contributed by atoms with Gasteiger partial charge in [0.1, 0.15) is 23.1 Å². The van der Waals surface area contributed by atoms with Crippen LogP contribution in [0.25, 0.3) is 0 Å². The van der Waals surface area contributed by atoms with Crippen molar-refractivity contribution in [3.05, 3.63) is 75.2 Å². The minimum Gasteiger partial charge on any atom is -0.497 e. The molecule has 0 radical (unpaired) electrons. The first-order valence-electron chi connectivity index (χ1n) is 11.9. The number of methoxy groups -OCH3 is 1. The Labute approximate surface area is 211 Å². The van der Waals surface area contributed by atoms with Gasteiger partial charge in [-0.05, 0) is 61.4 Å². The van der Waals surface area contributed by atoms with E-state index in [2.05, 4.69) is 24.8 Å². The van der Waals surface area contributed by atoms with Gasteiger partial charge in [0.25, 0.3) is 5.91 Å². The van der Waals surface area contributed by atoms with E-state index < -0.39 is 0 Å². The van der Waals surface area contributed by atoms with Crippen molar-refractivity contribution in [2.24, 2.45) is 0 Å². The Morgan fingerprint density at radius 1 is 1.09 bits per heavy atom. The van der Waals surface area contributed by atoms with Gasteiger partial charge in [-0.3, -0.25) is 9.69 Å². The van der Waals surface area contributed by atoms with Crippen molar-refractivity contribution < 1.29 is 19.0 Å². The minimum atomic E-state index is -0.0122. The van der Waals surface area contributed by atoms with E-state index in [9.17, 15) is 4.79 Å². The third-order valence-corrected chi connectivity index (χ3v) is 7.08. The highest BCUT2D eigenvalue weighted by atomic mass is 32.1. The van der Waals surface area contributed by atoms with E-state index in [1.54, 1.807) is 18.4 Å². The van der Waals surface area contributed by atoms with Crippen LogP contribution >= 0.6 is 11.3 Å². The second-order valence-electron chi connectivity index (χ2n) is 8.68. The van der Waals surface area contributed by atoms with Gasteiger partial charge in [0.2, 0.25) is 0 Å². The number of hydrogen-bond acceptors (Lipinski definition) is 7. The van der Waals surface area contributed by atoms with Gasteiger partial charge >= 0.3 is 0 Å². The van der Waals surface area contributed by atoms with Crippen molar-refractivity contribution in [3.8, 4) is 11.5 Å². The zero-order chi connectivity index (χ0) is 24.6. The van der Waals surface area contributed by atoms with Crippen molar-refractivity contribution in [2.75, 3.05) is 46.5 Å². The Balaban J connectivity index is 1.41. The van der Waals surface area contributed by atoms with Gasteiger partial charge in [0.15, 0.2) is 0 Å². The predicted molar refractivity (Wildman–Crippen MR) is 137 cm³/mol. The summed E-state index contributed by atoms with van der Waals surface area (Å²) >= 11 is 1.56. The van der Waals surface area contributed by atoms with E-state index in [4.69, 9.17) is 19.2 Å². The summed E-state index contributed by atoms with van der Waals surface area (Å²) in [5.41, 5.74) is 3.96. The molecule has 0 bridgehead atoms. The molecule has 0 atom stereocenters. The predicted octanol–water partition coefficient (Wildman–Crippen LogP) is 4.32. The van der Waals surface area contributed by atoms with Crippen LogP contribution in [0.5, 0.6) is 11.5 Å². The average molecular weight is 496 g/mol. The molecule has 0 unspecified atom stereocenters. The van der Waals surface area contributed by atoms with Crippen molar-refractivity contribution in [1.29, 1.82) is 0 Å². The van der Waals surface area contributed by atoms with Crippen molar-refractivity contribution >= 4 is 17.2 Å². The molecule has 0 aliphatic carbocycles. The van der Waals surface area contributed by atoms with Gasteiger partial charge in [-0.2, -0.15) is 0 Å². The fourth-order valence-corrected chi connectivity index (χ4v) is 4.58. The first-order valence-corrected chi connectivity index (χ1v) is 12.8. The maximum absolute atomic E-state index is 13.4. The summed E-state index contributed by atoms with van der Waals surface area (Å²) in [5, 5.41) is 2.91. The summed E-state index contributed by atoms with van der Waals surface area (Å²) in [6.07, 6.45) is 0. The van der Waals surface area contributed by atoms with Crippen LogP contribution in [0, 0.1) is 13.8 Å². The topological polar surface area (TPSA) is 64.1 Å². The molecule has 2 heterocycles. The molecule has 186 valence electrons. The highest BCUT2D eigenvalue weighted by molar-refractivity contribution is 7.09. The summed E-state index contributed by atoms with van der Waals surface area (Å²) in [6.45, 7) is 9.71. The Hall–Kier alpha value is -2.94. The maximum atomic E-state index is 13.4. The van der Waals surface area contributed by atoms with Crippen molar-refractivity contribution in [1.82, 2.24) is 14.8 Å². The summed E-state index contributed by atoms with van der Waals surface area (Å²) in [4.78, 5) is 22.4. The largest absolute Gasteiger partial charge is 0.497 e. The van der Waals surface area contributed by atoms with Crippen LogP contribution in [0.15, 0.2) is 47.8 Å². The van der Waals surface area contributed by atoms with Gasteiger partial charge < -0.3 is 19.1 Å². The molecule has 1 aliphatic heterocycles. The SMILES string of the molecule is COc1ccc(C(=O)N(CCN2CCOCC2)Cc2csc(COc3ccc(C)c(C)c3)n2)cc1. The molecule has 0 N–H and O–H groups in total. The lowest BCUT2D eigenvalue weighted by molar-refractivity contribution is 0.0319. The molecule has 1 amide bonds. The lowest BCUT2D eigenvalue weighted by Crippen LogP contribution is -2.43. The molecule has 0 saturated carbocycles. The molecule has 35 heavy (non-hydrogen) atoms. The van der Waals surface area contributed by atoms with E-state index in [1.807, 2.05) is 46.7 Å². The molecule has 1 fully saturated rings. The summed E-state index contributed by atoms with van der Waals surface area (Å²) in [7, 11) is 1.62. The number of amides is 1. The molecular formula is C27H33N3O4S. The molecular weight excluding hydrogens is 462 g/mol. The number of aromatic nitrogens is 1. The Kier molecular flexibility index (Phi) is 8.74. The fourth-order valence-electron chi connectivity index (χ4n) is 3.89. The second-order valence-corrected chi connectivity index (χ2v) is 9.62. The van der Waals surface area contributed by atoms with Gasteiger partial charge in [-0.25, -0.2) is 4.98 Å². The van der Waals surface area contributed by atoms with E-state index in [0.29, 0.717) is 25.3 Å². The zero-order valence-corrected chi connectivity index (χ0v) is 21.5. The lowest BCUT2D eigenvalue weighted by Gasteiger charge is -2.30. The molecule has 7 nitrogen and oxygen atoms in total. The number of carbonyl (C=O) groups excluding carboxylic acids is 1. The number of ether oxygens (including phenoxy) is 3. The Morgan fingerprint density at radius 2 is 1.83 bits per heavy atom. The normalized spacial score (nSPS) is 14.0. The van der Waals surface area contributed by atoms with Crippen LogP contribution in [-0.4, -0.2) is 67.2 Å². The van der Waals surface area contributed by atoms with Gasteiger partial charge in [0, 0.05) is 37.1 Å². The number of aryl methyl sites for hydroxylation is 2. The van der Waals surface area contributed by atoms with Crippen molar-refractivity contribution in [3.63, 3.8) is 0 Å². The van der Waals surface area contributed by atoms with Crippen LogP contribution < -0.4 is 9.47 Å². The van der Waals surface area contributed by atoms with Gasteiger partial charge in [0.05, 0.1) is 32.6 Å². The maximum Gasteiger partial charge on any atom is 0.254 e. The van der Waals surface area contributed by atoms with Crippen LogP contribution in [-0.2, 0) is 17.9 Å². The van der Waals surface area contributed by atoms with E-state index in [1.165, 1.54) is 11.1 Å². The van der Waals surface area contributed by atoms with Crippen LogP contribution in [0.3, 0.4) is 0 Å². The quantitative estimate of drug-likeness (QED) is 0.417. The molecule has 4 rings (SSSR count). The van der Waals surface area contributed by atoms with Crippen LogP contribution in [0.2, 0.25) is 0 Å². The summed E-state index contributed by atoms with van der Waals surface area (Å²) in [5.74, 6) is 1.56. The number of thiazole rings is 1.